The lowest BCUT2D eigenvalue weighted by molar-refractivity contribution is -0.126. The molecule has 0 heterocycles. The van der Waals surface area contributed by atoms with Crippen molar-refractivity contribution in [2.24, 2.45) is 5.92 Å². The van der Waals surface area contributed by atoms with Crippen molar-refractivity contribution in [3.05, 3.63) is 29.8 Å². The van der Waals surface area contributed by atoms with Crippen molar-refractivity contribution in [2.75, 3.05) is 24.5 Å². The number of likely N-dealkylation sites (N-methyl/N-ethyl adjacent to an activating group) is 1. The van der Waals surface area contributed by atoms with Crippen LogP contribution in [0.3, 0.4) is 0 Å². The molecule has 2 unspecified atom stereocenters. The summed E-state index contributed by atoms with van der Waals surface area (Å²) in [5, 5.41) is 9.00. The minimum absolute atomic E-state index is 0.00152. The normalized spacial score (nSPS) is 19.2. The molecule has 1 aromatic rings. The number of amides is 3. The highest BCUT2D eigenvalue weighted by Gasteiger charge is 2.28. The maximum atomic E-state index is 12.3. The SMILES string of the molecule is CCN(CCNC(=O)NC1CCCC(C(=O)NC(C)C)C1)c1cccc(C)c1. The van der Waals surface area contributed by atoms with Gasteiger partial charge < -0.3 is 20.9 Å². The summed E-state index contributed by atoms with van der Waals surface area (Å²) in [6.45, 7) is 10.4. The molecular formula is C22H36N4O2. The fraction of sp³-hybridized carbons (Fsp3) is 0.636. The second-order valence-electron chi connectivity index (χ2n) is 8.04. The summed E-state index contributed by atoms with van der Waals surface area (Å²) in [5.41, 5.74) is 2.41. The van der Waals surface area contributed by atoms with Crippen LogP contribution in [-0.4, -0.2) is 43.7 Å². The van der Waals surface area contributed by atoms with Crippen LogP contribution in [0.5, 0.6) is 0 Å². The number of carbonyl (C=O) groups excluding carboxylic acids is 2. The lowest BCUT2D eigenvalue weighted by Crippen LogP contribution is -2.48. The average molecular weight is 389 g/mol. The van der Waals surface area contributed by atoms with Crippen LogP contribution >= 0.6 is 0 Å². The molecule has 0 radical (unpaired) electrons. The Balaban J connectivity index is 1.75. The summed E-state index contributed by atoms with van der Waals surface area (Å²) >= 11 is 0. The van der Waals surface area contributed by atoms with Crippen molar-refractivity contribution in [1.82, 2.24) is 16.0 Å². The van der Waals surface area contributed by atoms with Gasteiger partial charge in [0.25, 0.3) is 0 Å². The molecule has 1 aliphatic rings. The zero-order chi connectivity index (χ0) is 20.5. The quantitative estimate of drug-likeness (QED) is 0.640. The molecule has 2 atom stereocenters. The van der Waals surface area contributed by atoms with Crippen LogP contribution in [0.1, 0.15) is 52.0 Å². The van der Waals surface area contributed by atoms with E-state index < -0.39 is 0 Å². The number of nitrogens with one attached hydrogen (secondary N) is 3. The predicted octanol–water partition coefficient (Wildman–Crippen LogP) is 3.20. The highest BCUT2D eigenvalue weighted by molar-refractivity contribution is 5.79. The molecule has 1 aliphatic carbocycles. The van der Waals surface area contributed by atoms with E-state index in [1.807, 2.05) is 13.8 Å². The number of anilines is 1. The van der Waals surface area contributed by atoms with Crippen molar-refractivity contribution in [3.8, 4) is 0 Å². The molecule has 6 heteroatoms. The summed E-state index contributed by atoms with van der Waals surface area (Å²) in [4.78, 5) is 26.8. The van der Waals surface area contributed by atoms with Gasteiger partial charge in [0.05, 0.1) is 0 Å². The maximum absolute atomic E-state index is 12.3. The number of hydrogen-bond acceptors (Lipinski definition) is 3. The second-order valence-corrected chi connectivity index (χ2v) is 8.04. The first-order valence-electron chi connectivity index (χ1n) is 10.6. The van der Waals surface area contributed by atoms with E-state index in [-0.39, 0.29) is 29.9 Å². The Kier molecular flexibility index (Phi) is 8.61. The van der Waals surface area contributed by atoms with Gasteiger partial charge in [0.1, 0.15) is 0 Å². The van der Waals surface area contributed by atoms with Crippen LogP contribution in [0.2, 0.25) is 0 Å². The number of nitrogens with zero attached hydrogens (tertiary/aromatic N) is 1. The molecular weight excluding hydrogens is 352 g/mol. The molecule has 0 spiro atoms. The van der Waals surface area contributed by atoms with Crippen molar-refractivity contribution in [1.29, 1.82) is 0 Å². The molecule has 0 aliphatic heterocycles. The number of carbonyl (C=O) groups is 2. The van der Waals surface area contributed by atoms with Gasteiger partial charge in [0.2, 0.25) is 5.91 Å². The number of hydrogen-bond donors (Lipinski definition) is 3. The minimum atomic E-state index is -0.143. The summed E-state index contributed by atoms with van der Waals surface area (Å²) < 4.78 is 0. The summed E-state index contributed by atoms with van der Waals surface area (Å²) in [7, 11) is 0. The lowest BCUT2D eigenvalue weighted by Gasteiger charge is -2.30. The molecule has 2 rings (SSSR count). The summed E-state index contributed by atoms with van der Waals surface area (Å²) in [5.74, 6) is 0.108. The Morgan fingerprint density at radius 2 is 2.04 bits per heavy atom. The van der Waals surface area contributed by atoms with E-state index in [4.69, 9.17) is 0 Å². The van der Waals surface area contributed by atoms with E-state index >= 15 is 0 Å². The third kappa shape index (κ3) is 7.06. The first-order chi connectivity index (χ1) is 13.4. The molecule has 28 heavy (non-hydrogen) atoms. The fourth-order valence-corrected chi connectivity index (χ4v) is 3.80. The average Bonchev–Trinajstić information content (AvgIpc) is 2.65. The Labute approximate surface area is 169 Å². The van der Waals surface area contributed by atoms with Crippen LogP contribution < -0.4 is 20.9 Å². The minimum Gasteiger partial charge on any atom is -0.370 e. The van der Waals surface area contributed by atoms with Gasteiger partial charge in [0, 0.05) is 43.3 Å². The highest BCUT2D eigenvalue weighted by Crippen LogP contribution is 2.24. The number of rotatable bonds is 8. The van der Waals surface area contributed by atoms with Gasteiger partial charge in [-0.25, -0.2) is 4.79 Å². The topological polar surface area (TPSA) is 73.5 Å². The van der Waals surface area contributed by atoms with Crippen LogP contribution in [0, 0.1) is 12.8 Å². The van der Waals surface area contributed by atoms with Crippen LogP contribution in [0.4, 0.5) is 10.5 Å². The largest absolute Gasteiger partial charge is 0.370 e. The smallest absolute Gasteiger partial charge is 0.315 e. The Morgan fingerprint density at radius 1 is 1.25 bits per heavy atom. The van der Waals surface area contributed by atoms with Gasteiger partial charge in [-0.05, 0) is 64.7 Å². The summed E-state index contributed by atoms with van der Waals surface area (Å²) in [6, 6.07) is 8.48. The van der Waals surface area contributed by atoms with Crippen LogP contribution in [0.25, 0.3) is 0 Å². The first kappa shape index (κ1) is 22.1. The molecule has 156 valence electrons. The molecule has 1 fully saturated rings. The molecule has 3 N–H and O–H groups in total. The van der Waals surface area contributed by atoms with Crippen LogP contribution in [-0.2, 0) is 4.79 Å². The predicted molar refractivity (Wildman–Crippen MR) is 115 cm³/mol. The molecule has 0 aromatic heterocycles. The molecule has 6 nitrogen and oxygen atoms in total. The molecule has 0 saturated heterocycles. The lowest BCUT2D eigenvalue weighted by atomic mass is 9.85. The number of urea groups is 1. The third-order valence-corrected chi connectivity index (χ3v) is 5.23. The third-order valence-electron chi connectivity index (χ3n) is 5.23. The molecule has 1 aromatic carbocycles. The standard InChI is InChI=1S/C22H36N4O2/c1-5-26(20-11-6-8-17(4)14-20)13-12-23-22(28)25-19-10-7-9-18(15-19)21(27)24-16(2)3/h6,8,11,14,16,18-19H,5,7,9-10,12-13,15H2,1-4H3,(H,24,27)(H2,23,25,28). The molecule has 3 amide bonds. The van der Waals surface area contributed by atoms with Crippen molar-refractivity contribution < 1.29 is 9.59 Å². The highest BCUT2D eigenvalue weighted by atomic mass is 16.2. The second kappa shape index (κ2) is 10.9. The monoisotopic (exact) mass is 388 g/mol. The molecule has 1 saturated carbocycles. The maximum Gasteiger partial charge on any atom is 0.315 e. The van der Waals surface area contributed by atoms with Gasteiger partial charge in [-0.2, -0.15) is 0 Å². The zero-order valence-corrected chi connectivity index (χ0v) is 17.8. The van der Waals surface area contributed by atoms with E-state index in [0.29, 0.717) is 6.54 Å². The Bertz CT molecular complexity index is 647. The number of benzene rings is 1. The van der Waals surface area contributed by atoms with Crippen molar-refractivity contribution in [3.63, 3.8) is 0 Å². The van der Waals surface area contributed by atoms with Gasteiger partial charge >= 0.3 is 6.03 Å². The van der Waals surface area contributed by atoms with Gasteiger partial charge in [0.15, 0.2) is 0 Å². The number of aryl methyl sites for hydroxylation is 1. The molecule has 0 bridgehead atoms. The van der Waals surface area contributed by atoms with Gasteiger partial charge in [-0.3, -0.25) is 4.79 Å². The van der Waals surface area contributed by atoms with Crippen molar-refractivity contribution >= 4 is 17.6 Å². The fourth-order valence-electron chi connectivity index (χ4n) is 3.80. The summed E-state index contributed by atoms with van der Waals surface area (Å²) in [6.07, 6.45) is 3.53. The van der Waals surface area contributed by atoms with E-state index in [0.717, 1.165) is 38.8 Å². The van der Waals surface area contributed by atoms with E-state index in [1.165, 1.54) is 11.3 Å². The van der Waals surface area contributed by atoms with E-state index in [1.54, 1.807) is 0 Å². The van der Waals surface area contributed by atoms with Gasteiger partial charge in [-0.15, -0.1) is 0 Å². The first-order valence-corrected chi connectivity index (χ1v) is 10.6. The Morgan fingerprint density at radius 3 is 2.71 bits per heavy atom. The van der Waals surface area contributed by atoms with Crippen molar-refractivity contribution in [2.45, 2.75) is 65.5 Å². The Hall–Kier alpha value is -2.24. The van der Waals surface area contributed by atoms with E-state index in [2.05, 4.69) is 59.0 Å². The van der Waals surface area contributed by atoms with Crippen LogP contribution in [0.15, 0.2) is 24.3 Å². The van der Waals surface area contributed by atoms with Gasteiger partial charge in [-0.1, -0.05) is 18.6 Å². The van der Waals surface area contributed by atoms with E-state index in [9.17, 15) is 9.59 Å². The zero-order valence-electron chi connectivity index (χ0n) is 17.8.